The van der Waals surface area contributed by atoms with Gasteiger partial charge >= 0.3 is 0 Å². The Labute approximate surface area is 120 Å². The van der Waals surface area contributed by atoms with Crippen LogP contribution in [0.3, 0.4) is 0 Å². The van der Waals surface area contributed by atoms with Crippen LogP contribution in [-0.4, -0.2) is 11.0 Å². The first-order chi connectivity index (χ1) is 9.60. The Morgan fingerprint density at radius 3 is 2.75 bits per heavy atom. The summed E-state index contributed by atoms with van der Waals surface area (Å²) in [6, 6.07) is 11.5. The van der Waals surface area contributed by atoms with E-state index in [9.17, 15) is 4.39 Å². The van der Waals surface area contributed by atoms with Crippen LogP contribution in [0.15, 0.2) is 47.6 Å². The molecule has 104 valence electrons. The van der Waals surface area contributed by atoms with Crippen molar-refractivity contribution in [3.8, 4) is 0 Å². The van der Waals surface area contributed by atoms with Crippen molar-refractivity contribution < 1.29 is 9.60 Å². The Balaban J connectivity index is 2.18. The summed E-state index contributed by atoms with van der Waals surface area (Å²) in [5.74, 6) is -0.589. The lowest BCUT2D eigenvalue weighted by Gasteiger charge is -2.09. The van der Waals surface area contributed by atoms with Crippen molar-refractivity contribution in [1.82, 2.24) is 0 Å². The van der Waals surface area contributed by atoms with Crippen LogP contribution in [0.2, 0.25) is 5.02 Å². The van der Waals surface area contributed by atoms with Crippen LogP contribution in [0.25, 0.3) is 0 Å². The van der Waals surface area contributed by atoms with Gasteiger partial charge in [-0.2, -0.15) is 0 Å². The van der Waals surface area contributed by atoms with Crippen LogP contribution < -0.4 is 11.1 Å². The first-order valence-electron chi connectivity index (χ1n) is 5.86. The Kier molecular flexibility index (Phi) is 4.42. The summed E-state index contributed by atoms with van der Waals surface area (Å²) in [5.41, 5.74) is 7.19. The van der Waals surface area contributed by atoms with Gasteiger partial charge in [-0.15, -0.1) is 0 Å². The van der Waals surface area contributed by atoms with Gasteiger partial charge in [-0.05, 0) is 35.9 Å². The molecule has 0 aliphatic heterocycles. The summed E-state index contributed by atoms with van der Waals surface area (Å²) in [5, 5.41) is 15.2. The molecule has 0 aliphatic rings. The Bertz CT molecular complexity index is 646. The minimum absolute atomic E-state index is 0.136. The number of para-hydroxylation sites is 1. The standard InChI is InChI=1S/C14H13ClFN3O/c15-12-3-1-2-4-13(12)18-8-9-5-10(14(17)19-20)7-11(16)6-9/h1-7,18,20H,8H2,(H2,17,19). The highest BCUT2D eigenvalue weighted by Gasteiger charge is 2.05. The molecule has 0 radical (unpaired) electrons. The maximum atomic E-state index is 13.5. The molecular weight excluding hydrogens is 281 g/mol. The molecular formula is C14H13ClFN3O. The smallest absolute Gasteiger partial charge is 0.170 e. The molecule has 0 spiro atoms. The predicted molar refractivity (Wildman–Crippen MR) is 77.7 cm³/mol. The summed E-state index contributed by atoms with van der Waals surface area (Å²) >= 11 is 6.02. The number of nitrogens with zero attached hydrogens (tertiary/aromatic N) is 1. The fraction of sp³-hybridized carbons (Fsp3) is 0.0714. The van der Waals surface area contributed by atoms with Crippen molar-refractivity contribution >= 4 is 23.1 Å². The summed E-state index contributed by atoms with van der Waals surface area (Å²) in [4.78, 5) is 0. The van der Waals surface area contributed by atoms with Crippen molar-refractivity contribution in [1.29, 1.82) is 0 Å². The predicted octanol–water partition coefficient (Wildman–Crippen LogP) is 3.19. The molecule has 0 aliphatic carbocycles. The lowest BCUT2D eigenvalue weighted by molar-refractivity contribution is 0.318. The van der Waals surface area contributed by atoms with Crippen LogP contribution >= 0.6 is 11.6 Å². The first-order valence-corrected chi connectivity index (χ1v) is 6.23. The fourth-order valence-electron chi connectivity index (χ4n) is 1.76. The lowest BCUT2D eigenvalue weighted by atomic mass is 10.1. The molecule has 0 saturated heterocycles. The number of benzene rings is 2. The number of anilines is 1. The largest absolute Gasteiger partial charge is 0.409 e. The highest BCUT2D eigenvalue weighted by Crippen LogP contribution is 2.21. The van der Waals surface area contributed by atoms with Crippen LogP contribution in [0, 0.1) is 5.82 Å². The quantitative estimate of drug-likeness (QED) is 0.351. The molecule has 6 heteroatoms. The number of hydrogen-bond acceptors (Lipinski definition) is 3. The molecule has 2 aromatic carbocycles. The van der Waals surface area contributed by atoms with E-state index in [-0.39, 0.29) is 5.84 Å². The second kappa shape index (κ2) is 6.25. The monoisotopic (exact) mass is 293 g/mol. The van der Waals surface area contributed by atoms with Crippen LogP contribution in [0.1, 0.15) is 11.1 Å². The molecule has 0 heterocycles. The molecule has 2 rings (SSSR count). The second-order valence-electron chi connectivity index (χ2n) is 4.17. The van der Waals surface area contributed by atoms with E-state index < -0.39 is 5.82 Å². The molecule has 0 unspecified atom stereocenters. The van der Waals surface area contributed by atoms with Gasteiger partial charge < -0.3 is 16.3 Å². The molecule has 0 atom stereocenters. The third kappa shape index (κ3) is 3.39. The van der Waals surface area contributed by atoms with Gasteiger partial charge in [-0.3, -0.25) is 0 Å². The normalized spacial score (nSPS) is 11.4. The van der Waals surface area contributed by atoms with E-state index in [4.69, 9.17) is 22.5 Å². The third-order valence-corrected chi connectivity index (χ3v) is 3.05. The highest BCUT2D eigenvalue weighted by molar-refractivity contribution is 6.33. The zero-order valence-corrected chi connectivity index (χ0v) is 11.2. The number of nitrogens with two attached hydrogens (primary N) is 1. The average molecular weight is 294 g/mol. The molecule has 4 nitrogen and oxygen atoms in total. The second-order valence-corrected chi connectivity index (χ2v) is 4.57. The van der Waals surface area contributed by atoms with Gasteiger partial charge in [0.15, 0.2) is 5.84 Å². The minimum atomic E-state index is -0.454. The maximum Gasteiger partial charge on any atom is 0.170 e. The summed E-state index contributed by atoms with van der Waals surface area (Å²) < 4.78 is 13.5. The van der Waals surface area contributed by atoms with Gasteiger partial charge in [0.1, 0.15) is 5.82 Å². The lowest BCUT2D eigenvalue weighted by Crippen LogP contribution is -2.14. The van der Waals surface area contributed by atoms with Crippen molar-refractivity contribution in [2.45, 2.75) is 6.54 Å². The summed E-state index contributed by atoms with van der Waals surface area (Å²) in [6.07, 6.45) is 0. The Morgan fingerprint density at radius 2 is 2.05 bits per heavy atom. The molecule has 2 aromatic rings. The summed E-state index contributed by atoms with van der Waals surface area (Å²) in [7, 11) is 0. The molecule has 0 fully saturated rings. The number of nitrogens with one attached hydrogen (secondary N) is 1. The van der Waals surface area contributed by atoms with Gasteiger partial charge in [0.25, 0.3) is 0 Å². The zero-order valence-electron chi connectivity index (χ0n) is 10.5. The van der Waals surface area contributed by atoms with Crippen molar-refractivity contribution in [3.05, 3.63) is 64.4 Å². The van der Waals surface area contributed by atoms with E-state index in [1.54, 1.807) is 12.1 Å². The number of amidine groups is 1. The SMILES string of the molecule is N/C(=N/O)c1cc(F)cc(CNc2ccccc2Cl)c1. The molecule has 20 heavy (non-hydrogen) atoms. The van der Waals surface area contributed by atoms with E-state index in [1.165, 1.54) is 12.1 Å². The number of hydrogen-bond donors (Lipinski definition) is 3. The van der Waals surface area contributed by atoms with E-state index >= 15 is 0 Å². The highest BCUT2D eigenvalue weighted by atomic mass is 35.5. The molecule has 0 saturated carbocycles. The van der Waals surface area contributed by atoms with Crippen LogP contribution in [0.4, 0.5) is 10.1 Å². The first kappa shape index (κ1) is 14.1. The van der Waals surface area contributed by atoms with Gasteiger partial charge in [-0.1, -0.05) is 28.9 Å². The molecule has 0 amide bonds. The minimum Gasteiger partial charge on any atom is -0.409 e. The van der Waals surface area contributed by atoms with Crippen LogP contribution in [0.5, 0.6) is 0 Å². The Hall–Kier alpha value is -2.27. The zero-order chi connectivity index (χ0) is 14.5. The van der Waals surface area contributed by atoms with Crippen molar-refractivity contribution in [3.63, 3.8) is 0 Å². The van der Waals surface area contributed by atoms with Crippen LogP contribution in [-0.2, 0) is 6.54 Å². The van der Waals surface area contributed by atoms with Crippen molar-refractivity contribution in [2.24, 2.45) is 10.9 Å². The number of halogens is 2. The van der Waals surface area contributed by atoms with Gasteiger partial charge in [-0.25, -0.2) is 4.39 Å². The topological polar surface area (TPSA) is 70.6 Å². The molecule has 0 aromatic heterocycles. The van der Waals surface area contributed by atoms with Gasteiger partial charge in [0.05, 0.1) is 10.7 Å². The van der Waals surface area contributed by atoms with E-state index in [2.05, 4.69) is 10.5 Å². The summed E-state index contributed by atoms with van der Waals surface area (Å²) in [6.45, 7) is 0.368. The maximum absolute atomic E-state index is 13.5. The molecule has 4 N–H and O–H groups in total. The number of oxime groups is 1. The van der Waals surface area contributed by atoms with Gasteiger partial charge in [0, 0.05) is 12.1 Å². The van der Waals surface area contributed by atoms with Gasteiger partial charge in [0.2, 0.25) is 0 Å². The number of rotatable bonds is 4. The van der Waals surface area contributed by atoms with Crippen molar-refractivity contribution in [2.75, 3.05) is 5.32 Å². The molecule has 0 bridgehead atoms. The third-order valence-electron chi connectivity index (χ3n) is 2.72. The van der Waals surface area contributed by atoms with E-state index in [0.717, 1.165) is 5.69 Å². The van der Waals surface area contributed by atoms with E-state index in [1.807, 2.05) is 18.2 Å². The van der Waals surface area contributed by atoms with E-state index in [0.29, 0.717) is 22.7 Å². The fourth-order valence-corrected chi connectivity index (χ4v) is 1.96. The Morgan fingerprint density at radius 1 is 1.30 bits per heavy atom. The average Bonchev–Trinajstić information content (AvgIpc) is 2.45.